The maximum absolute atomic E-state index is 12.6. The van der Waals surface area contributed by atoms with Crippen molar-refractivity contribution < 1.29 is 9.59 Å². The van der Waals surface area contributed by atoms with E-state index in [2.05, 4.69) is 10.3 Å². The predicted molar refractivity (Wildman–Crippen MR) is 97.8 cm³/mol. The van der Waals surface area contributed by atoms with E-state index in [0.717, 1.165) is 18.5 Å². The molecule has 2 heterocycles. The topological polar surface area (TPSA) is 64.0 Å². The highest BCUT2D eigenvalue weighted by atomic mass is 32.1. The number of ketones is 1. The molecule has 1 N–H and O–H groups in total. The second kappa shape index (κ2) is 7.90. The number of amides is 1. The Labute approximate surface area is 150 Å². The first kappa shape index (κ1) is 17.1. The van der Waals surface area contributed by atoms with Gasteiger partial charge in [0.15, 0.2) is 5.78 Å². The summed E-state index contributed by atoms with van der Waals surface area (Å²) in [6.45, 7) is 2.26. The van der Waals surface area contributed by atoms with Gasteiger partial charge in [-0.25, -0.2) is 4.98 Å². The molecule has 128 valence electrons. The molecule has 0 aliphatic rings. The van der Waals surface area contributed by atoms with Crippen molar-refractivity contribution in [2.75, 3.05) is 0 Å². The first-order valence-electron chi connectivity index (χ1n) is 8.04. The average molecular weight is 353 g/mol. The molecule has 0 saturated carbocycles. The lowest BCUT2D eigenvalue weighted by molar-refractivity contribution is 0.0934. The lowest BCUT2D eigenvalue weighted by Gasteiger charge is -2.19. The van der Waals surface area contributed by atoms with Crippen molar-refractivity contribution in [3.05, 3.63) is 76.5 Å². The zero-order chi connectivity index (χ0) is 17.6. The number of rotatable bonds is 7. The number of carbonyl (C=O) groups excluding carboxylic acids is 2. The molecule has 0 aliphatic carbocycles. The fraction of sp³-hybridized carbons (Fsp3) is 0.211. The van der Waals surface area contributed by atoms with Gasteiger partial charge in [0.2, 0.25) is 0 Å². The minimum Gasteiger partial charge on any atom is -0.345 e. The van der Waals surface area contributed by atoms with Crippen molar-refractivity contribution in [1.29, 1.82) is 0 Å². The average Bonchev–Trinajstić information content (AvgIpc) is 3.30. The van der Waals surface area contributed by atoms with Crippen LogP contribution in [0.3, 0.4) is 0 Å². The number of Topliss-reactive ketones (excluding diaryl/α,β-unsaturated/α-hetero) is 1. The Morgan fingerprint density at radius 1 is 1.28 bits per heavy atom. The summed E-state index contributed by atoms with van der Waals surface area (Å²) in [4.78, 5) is 28.7. The number of nitrogens with one attached hydrogen (secondary N) is 1. The molecule has 0 bridgehead atoms. The van der Waals surface area contributed by atoms with Crippen molar-refractivity contribution >= 4 is 23.0 Å². The Bertz CT molecular complexity index is 841. The minimum absolute atomic E-state index is 0.0243. The standard InChI is InChI=1S/C19H19N3O2S/c1-14(23)18-11-16(12-25-18)19(24)21-17(15-5-3-2-4-6-15)7-9-22-10-8-20-13-22/h2-6,8,10-13,17H,7,9H2,1H3,(H,21,24)/t17-/m0/s1. The van der Waals surface area contributed by atoms with Gasteiger partial charge in [-0.15, -0.1) is 11.3 Å². The van der Waals surface area contributed by atoms with Gasteiger partial charge in [-0.05, 0) is 25.0 Å². The number of thiophene rings is 1. The molecule has 0 aliphatic heterocycles. The number of benzene rings is 1. The Morgan fingerprint density at radius 3 is 2.72 bits per heavy atom. The van der Waals surface area contributed by atoms with Crippen LogP contribution >= 0.6 is 11.3 Å². The van der Waals surface area contributed by atoms with E-state index >= 15 is 0 Å². The van der Waals surface area contributed by atoms with Crippen LogP contribution in [-0.2, 0) is 6.54 Å². The highest BCUT2D eigenvalue weighted by Gasteiger charge is 2.17. The summed E-state index contributed by atoms with van der Waals surface area (Å²) >= 11 is 1.30. The van der Waals surface area contributed by atoms with Crippen LogP contribution in [0.4, 0.5) is 0 Å². The van der Waals surface area contributed by atoms with Crippen LogP contribution in [0.25, 0.3) is 0 Å². The van der Waals surface area contributed by atoms with Gasteiger partial charge in [0.05, 0.1) is 22.8 Å². The number of carbonyl (C=O) groups is 2. The van der Waals surface area contributed by atoms with E-state index in [1.165, 1.54) is 18.3 Å². The Balaban J connectivity index is 1.74. The Morgan fingerprint density at radius 2 is 2.08 bits per heavy atom. The van der Waals surface area contributed by atoms with Gasteiger partial charge in [-0.3, -0.25) is 9.59 Å². The largest absolute Gasteiger partial charge is 0.345 e. The predicted octanol–water partition coefficient (Wildman–Crippen LogP) is 3.71. The van der Waals surface area contributed by atoms with Gasteiger partial charge in [-0.1, -0.05) is 30.3 Å². The third-order valence-corrected chi connectivity index (χ3v) is 4.98. The van der Waals surface area contributed by atoms with Crippen LogP contribution in [-0.4, -0.2) is 21.2 Å². The summed E-state index contributed by atoms with van der Waals surface area (Å²) in [5.41, 5.74) is 1.58. The van der Waals surface area contributed by atoms with E-state index in [4.69, 9.17) is 0 Å². The van der Waals surface area contributed by atoms with Gasteiger partial charge >= 0.3 is 0 Å². The highest BCUT2D eigenvalue weighted by Crippen LogP contribution is 2.20. The van der Waals surface area contributed by atoms with Gasteiger partial charge in [0.25, 0.3) is 5.91 Å². The third-order valence-electron chi connectivity index (χ3n) is 3.95. The first-order valence-corrected chi connectivity index (χ1v) is 8.92. The van der Waals surface area contributed by atoms with Crippen molar-refractivity contribution in [3.63, 3.8) is 0 Å². The molecule has 25 heavy (non-hydrogen) atoms. The first-order chi connectivity index (χ1) is 12.1. The van der Waals surface area contributed by atoms with Gasteiger partial charge in [0.1, 0.15) is 0 Å². The van der Waals surface area contributed by atoms with E-state index < -0.39 is 0 Å². The van der Waals surface area contributed by atoms with E-state index in [1.54, 1.807) is 24.0 Å². The number of aromatic nitrogens is 2. The van der Waals surface area contributed by atoms with Crippen LogP contribution in [0.15, 0.2) is 60.5 Å². The zero-order valence-corrected chi connectivity index (χ0v) is 14.7. The number of hydrogen-bond acceptors (Lipinski definition) is 4. The summed E-state index contributed by atoms with van der Waals surface area (Å²) < 4.78 is 1.99. The fourth-order valence-electron chi connectivity index (χ4n) is 2.59. The Hall–Kier alpha value is -2.73. The zero-order valence-electron chi connectivity index (χ0n) is 13.9. The van der Waals surface area contributed by atoms with Crippen LogP contribution < -0.4 is 5.32 Å². The van der Waals surface area contributed by atoms with E-state index in [1.807, 2.05) is 41.1 Å². The molecule has 1 aromatic carbocycles. The molecule has 6 heteroatoms. The number of nitrogens with zero attached hydrogens (tertiary/aromatic N) is 2. The van der Waals surface area contributed by atoms with Crippen LogP contribution in [0, 0.1) is 0 Å². The molecule has 3 rings (SSSR count). The summed E-state index contributed by atoms with van der Waals surface area (Å²) in [6.07, 6.45) is 6.16. The van der Waals surface area contributed by atoms with Gasteiger partial charge < -0.3 is 9.88 Å². The number of aryl methyl sites for hydroxylation is 1. The van der Waals surface area contributed by atoms with E-state index in [-0.39, 0.29) is 17.7 Å². The molecule has 0 radical (unpaired) electrons. The number of imidazole rings is 1. The number of hydrogen-bond donors (Lipinski definition) is 1. The van der Waals surface area contributed by atoms with Crippen LogP contribution in [0.2, 0.25) is 0 Å². The summed E-state index contributed by atoms with van der Waals surface area (Å²) in [5, 5.41) is 4.81. The summed E-state index contributed by atoms with van der Waals surface area (Å²) in [5.74, 6) is -0.188. The molecule has 0 fully saturated rings. The van der Waals surface area contributed by atoms with Gasteiger partial charge in [-0.2, -0.15) is 0 Å². The highest BCUT2D eigenvalue weighted by molar-refractivity contribution is 7.12. The normalized spacial score (nSPS) is 11.9. The fourth-order valence-corrected chi connectivity index (χ4v) is 3.38. The molecule has 5 nitrogen and oxygen atoms in total. The molecule has 0 unspecified atom stereocenters. The third kappa shape index (κ3) is 4.42. The molecular formula is C19H19N3O2S. The Kier molecular flexibility index (Phi) is 5.40. The molecule has 0 saturated heterocycles. The second-order valence-electron chi connectivity index (χ2n) is 5.78. The van der Waals surface area contributed by atoms with Crippen LogP contribution in [0.5, 0.6) is 0 Å². The van der Waals surface area contributed by atoms with Crippen LogP contribution in [0.1, 0.15) is 45.0 Å². The van der Waals surface area contributed by atoms with E-state index in [9.17, 15) is 9.59 Å². The maximum atomic E-state index is 12.6. The lowest BCUT2D eigenvalue weighted by Crippen LogP contribution is -2.29. The maximum Gasteiger partial charge on any atom is 0.252 e. The quantitative estimate of drug-likeness (QED) is 0.659. The van der Waals surface area contributed by atoms with Crippen molar-refractivity contribution in [1.82, 2.24) is 14.9 Å². The van der Waals surface area contributed by atoms with E-state index in [0.29, 0.717) is 10.4 Å². The molecular weight excluding hydrogens is 334 g/mol. The lowest BCUT2D eigenvalue weighted by atomic mass is 10.0. The SMILES string of the molecule is CC(=O)c1cc(C(=O)N[C@@H](CCn2ccnc2)c2ccccc2)cs1. The summed E-state index contributed by atoms with van der Waals surface area (Å²) in [7, 11) is 0. The smallest absolute Gasteiger partial charge is 0.252 e. The second-order valence-corrected chi connectivity index (χ2v) is 6.69. The van der Waals surface area contributed by atoms with Crippen molar-refractivity contribution in [3.8, 4) is 0 Å². The minimum atomic E-state index is -0.164. The van der Waals surface area contributed by atoms with Gasteiger partial charge in [0, 0.05) is 24.3 Å². The summed E-state index contributed by atoms with van der Waals surface area (Å²) in [6, 6.07) is 11.4. The molecule has 2 aromatic heterocycles. The monoisotopic (exact) mass is 353 g/mol. The molecule has 0 spiro atoms. The van der Waals surface area contributed by atoms with Crippen molar-refractivity contribution in [2.24, 2.45) is 0 Å². The molecule has 3 aromatic rings. The van der Waals surface area contributed by atoms with Crippen molar-refractivity contribution in [2.45, 2.75) is 25.9 Å². The molecule has 1 amide bonds. The molecule has 1 atom stereocenters.